The molecule has 172 valence electrons. The molecule has 0 aromatic heterocycles. The first-order chi connectivity index (χ1) is 16.1. The Morgan fingerprint density at radius 1 is 0.576 bits per heavy atom. The third kappa shape index (κ3) is 5.34. The molecule has 2 unspecified atom stereocenters. The monoisotopic (exact) mass is 446 g/mol. The topological polar surface area (TPSA) is 46.2 Å². The van der Waals surface area contributed by atoms with Crippen LogP contribution >= 0.6 is 0 Å². The Hall–Kier alpha value is -2.96. The van der Waals surface area contributed by atoms with E-state index >= 15 is 0 Å². The van der Waals surface area contributed by atoms with Gasteiger partial charge in [-0.15, -0.1) is 0 Å². The van der Waals surface area contributed by atoms with Crippen LogP contribution in [0.25, 0.3) is 21.5 Å². The van der Waals surface area contributed by atoms with Crippen molar-refractivity contribution in [3.63, 3.8) is 0 Å². The number of rotatable bonds is 10. The minimum Gasteiger partial charge on any atom is -0.455 e. The molecule has 5 nitrogen and oxygen atoms in total. The molecule has 4 aromatic rings. The van der Waals surface area contributed by atoms with Crippen LogP contribution in [0.3, 0.4) is 0 Å². The van der Waals surface area contributed by atoms with Gasteiger partial charge in [-0.2, -0.15) is 0 Å². The molecule has 0 saturated carbocycles. The summed E-state index contributed by atoms with van der Waals surface area (Å²) >= 11 is 0. The van der Waals surface area contributed by atoms with E-state index in [2.05, 4.69) is 36.4 Å². The number of methoxy groups -OCH3 is 2. The van der Waals surface area contributed by atoms with Crippen molar-refractivity contribution in [1.82, 2.24) is 0 Å². The predicted molar refractivity (Wildman–Crippen MR) is 130 cm³/mol. The molecular formula is C28H30O5. The van der Waals surface area contributed by atoms with E-state index in [1.807, 2.05) is 50.2 Å². The van der Waals surface area contributed by atoms with E-state index in [1.165, 1.54) is 0 Å². The second-order valence-electron chi connectivity index (χ2n) is 7.88. The summed E-state index contributed by atoms with van der Waals surface area (Å²) in [6.07, 6.45) is -0.636. The van der Waals surface area contributed by atoms with Crippen LogP contribution in [0.4, 0.5) is 0 Å². The van der Waals surface area contributed by atoms with Gasteiger partial charge in [0.15, 0.2) is 12.6 Å². The zero-order valence-electron chi connectivity index (χ0n) is 19.5. The summed E-state index contributed by atoms with van der Waals surface area (Å²) < 4.78 is 29.0. The molecule has 4 rings (SSSR count). The Morgan fingerprint density at radius 2 is 1.00 bits per heavy atom. The second kappa shape index (κ2) is 10.8. The predicted octanol–water partition coefficient (Wildman–Crippen LogP) is 6.80. The van der Waals surface area contributed by atoms with Crippen LogP contribution < -0.4 is 4.74 Å². The van der Waals surface area contributed by atoms with Crippen LogP contribution in [-0.2, 0) is 32.2 Å². The van der Waals surface area contributed by atoms with Gasteiger partial charge in [0.25, 0.3) is 0 Å². The summed E-state index contributed by atoms with van der Waals surface area (Å²) in [7, 11) is 3.26. The lowest BCUT2D eigenvalue weighted by atomic mass is 10.0. The standard InChI is InChI=1S/C28H30O5/c1-19(29-3)31-17-23-15-13-21-9-5-7-11-25(21)27(23)33-28-24(18-32-20(2)30-4)16-14-22-10-6-8-12-26(22)28/h5-16,19-20H,17-18H2,1-4H3. The first-order valence-corrected chi connectivity index (χ1v) is 11.1. The molecule has 0 radical (unpaired) electrons. The molecule has 0 aliphatic rings. The lowest BCUT2D eigenvalue weighted by Crippen LogP contribution is -2.11. The SMILES string of the molecule is COC(C)OCc1ccc2ccccc2c1Oc1c(COC(C)OC)ccc2ccccc12. The normalized spacial score (nSPS) is 13.3. The third-order valence-electron chi connectivity index (χ3n) is 5.74. The maximum atomic E-state index is 6.76. The number of fused-ring (bicyclic) bond motifs is 2. The quantitative estimate of drug-likeness (QED) is 0.251. The number of ether oxygens (including phenoxy) is 5. The zero-order valence-corrected chi connectivity index (χ0v) is 19.5. The molecule has 33 heavy (non-hydrogen) atoms. The lowest BCUT2D eigenvalue weighted by Gasteiger charge is -2.20. The second-order valence-corrected chi connectivity index (χ2v) is 7.88. The van der Waals surface area contributed by atoms with Crippen molar-refractivity contribution in [2.45, 2.75) is 39.6 Å². The molecule has 0 saturated heterocycles. The van der Waals surface area contributed by atoms with Gasteiger partial charge in [-0.1, -0.05) is 72.8 Å². The third-order valence-corrected chi connectivity index (χ3v) is 5.74. The highest BCUT2D eigenvalue weighted by molar-refractivity contribution is 5.93. The minimum absolute atomic E-state index is 0.318. The van der Waals surface area contributed by atoms with E-state index in [0.29, 0.717) is 13.2 Å². The highest BCUT2D eigenvalue weighted by Crippen LogP contribution is 2.39. The summed E-state index contributed by atoms with van der Waals surface area (Å²) in [6, 6.07) is 24.7. The van der Waals surface area contributed by atoms with Crippen LogP contribution in [0, 0.1) is 0 Å². The highest BCUT2D eigenvalue weighted by Gasteiger charge is 2.17. The first kappa shape index (κ1) is 23.2. The molecule has 0 heterocycles. The molecule has 0 bridgehead atoms. The maximum absolute atomic E-state index is 6.76. The Labute approximate surface area is 194 Å². The van der Waals surface area contributed by atoms with Gasteiger partial charge in [0.05, 0.1) is 13.2 Å². The van der Waals surface area contributed by atoms with E-state index in [0.717, 1.165) is 44.2 Å². The Balaban J connectivity index is 1.81. The fourth-order valence-corrected chi connectivity index (χ4v) is 3.70. The molecule has 2 atom stereocenters. The summed E-state index contributed by atoms with van der Waals surface area (Å²) in [5.74, 6) is 1.54. The van der Waals surface area contributed by atoms with Crippen molar-refractivity contribution in [3.05, 3.63) is 83.9 Å². The van der Waals surface area contributed by atoms with Gasteiger partial charge in [0, 0.05) is 36.1 Å². The highest BCUT2D eigenvalue weighted by atomic mass is 16.7. The van der Waals surface area contributed by atoms with E-state index in [1.54, 1.807) is 14.2 Å². The van der Waals surface area contributed by atoms with Crippen LogP contribution in [0.5, 0.6) is 11.5 Å². The summed E-state index contributed by atoms with van der Waals surface area (Å²) in [5.41, 5.74) is 1.89. The Bertz CT molecular complexity index is 1120. The van der Waals surface area contributed by atoms with E-state index in [-0.39, 0.29) is 12.6 Å². The van der Waals surface area contributed by atoms with E-state index in [4.69, 9.17) is 23.7 Å². The van der Waals surface area contributed by atoms with Gasteiger partial charge in [-0.3, -0.25) is 0 Å². The zero-order chi connectivity index (χ0) is 23.2. The molecule has 4 aromatic carbocycles. The fourth-order valence-electron chi connectivity index (χ4n) is 3.70. The smallest absolute Gasteiger partial charge is 0.154 e. The van der Waals surface area contributed by atoms with Gasteiger partial charge in [0.1, 0.15) is 11.5 Å². The minimum atomic E-state index is -0.318. The van der Waals surface area contributed by atoms with Gasteiger partial charge >= 0.3 is 0 Å². The molecular weight excluding hydrogens is 416 g/mol. The summed E-state index contributed by atoms with van der Waals surface area (Å²) in [4.78, 5) is 0. The maximum Gasteiger partial charge on any atom is 0.154 e. The van der Waals surface area contributed by atoms with Crippen molar-refractivity contribution in [2.75, 3.05) is 14.2 Å². The molecule has 0 aliphatic carbocycles. The van der Waals surface area contributed by atoms with Gasteiger partial charge in [-0.25, -0.2) is 0 Å². The van der Waals surface area contributed by atoms with Gasteiger partial charge in [0.2, 0.25) is 0 Å². The molecule has 0 spiro atoms. The van der Waals surface area contributed by atoms with Crippen LogP contribution in [0.15, 0.2) is 72.8 Å². The summed E-state index contributed by atoms with van der Waals surface area (Å²) in [6.45, 7) is 4.48. The Morgan fingerprint density at radius 3 is 1.42 bits per heavy atom. The first-order valence-electron chi connectivity index (χ1n) is 11.1. The lowest BCUT2D eigenvalue weighted by molar-refractivity contribution is -0.119. The van der Waals surface area contributed by atoms with Crippen molar-refractivity contribution < 1.29 is 23.7 Å². The summed E-state index contributed by atoms with van der Waals surface area (Å²) in [5, 5.41) is 4.24. The van der Waals surface area contributed by atoms with E-state index < -0.39 is 0 Å². The van der Waals surface area contributed by atoms with E-state index in [9.17, 15) is 0 Å². The fraction of sp³-hybridized carbons (Fsp3) is 0.286. The number of benzene rings is 4. The number of hydrogen-bond acceptors (Lipinski definition) is 5. The van der Waals surface area contributed by atoms with Crippen molar-refractivity contribution in [1.29, 1.82) is 0 Å². The van der Waals surface area contributed by atoms with Gasteiger partial charge < -0.3 is 23.7 Å². The molecule has 5 heteroatoms. The molecule has 0 aliphatic heterocycles. The molecule has 0 amide bonds. The largest absolute Gasteiger partial charge is 0.455 e. The van der Waals surface area contributed by atoms with Crippen LogP contribution in [0.1, 0.15) is 25.0 Å². The van der Waals surface area contributed by atoms with Crippen molar-refractivity contribution >= 4 is 21.5 Å². The van der Waals surface area contributed by atoms with Crippen LogP contribution in [0.2, 0.25) is 0 Å². The average molecular weight is 447 g/mol. The molecule has 0 fully saturated rings. The van der Waals surface area contributed by atoms with Crippen molar-refractivity contribution in [2.24, 2.45) is 0 Å². The van der Waals surface area contributed by atoms with Crippen molar-refractivity contribution in [3.8, 4) is 11.5 Å². The average Bonchev–Trinajstić information content (AvgIpc) is 2.86. The number of hydrogen-bond donors (Lipinski definition) is 0. The molecule has 0 N–H and O–H groups in total. The van der Waals surface area contributed by atoms with Crippen LogP contribution in [-0.4, -0.2) is 26.8 Å². The Kier molecular flexibility index (Phi) is 7.57. The van der Waals surface area contributed by atoms with Gasteiger partial charge in [-0.05, 0) is 24.6 Å².